The first-order valence-corrected chi connectivity index (χ1v) is 6.83. The number of nitrogens with zero attached hydrogens (tertiary/aromatic N) is 3. The Morgan fingerprint density at radius 1 is 1.44 bits per heavy atom. The van der Waals surface area contributed by atoms with Crippen molar-refractivity contribution in [2.45, 2.75) is 32.1 Å². The number of rotatable bonds is 4. The SMILES string of the molecule is Brc1nc(Br)n(CCO[C@@H]2CCCCO2)n1. The maximum atomic E-state index is 5.60. The third kappa shape index (κ3) is 3.51. The molecule has 0 saturated carbocycles. The van der Waals surface area contributed by atoms with E-state index in [1.54, 1.807) is 4.68 Å². The zero-order valence-corrected chi connectivity index (χ0v) is 11.9. The van der Waals surface area contributed by atoms with Gasteiger partial charge in [0.2, 0.25) is 4.73 Å². The molecule has 90 valence electrons. The highest BCUT2D eigenvalue weighted by atomic mass is 79.9. The van der Waals surface area contributed by atoms with Crippen molar-refractivity contribution in [3.63, 3.8) is 0 Å². The van der Waals surface area contributed by atoms with Crippen molar-refractivity contribution >= 4 is 31.9 Å². The molecule has 1 aromatic rings. The Morgan fingerprint density at radius 3 is 2.94 bits per heavy atom. The van der Waals surface area contributed by atoms with Crippen LogP contribution in [0.3, 0.4) is 0 Å². The van der Waals surface area contributed by atoms with Crippen LogP contribution in [0.5, 0.6) is 0 Å². The van der Waals surface area contributed by atoms with Gasteiger partial charge in [0.25, 0.3) is 0 Å². The normalized spacial score (nSPS) is 21.2. The molecular weight excluding hydrogens is 342 g/mol. The van der Waals surface area contributed by atoms with E-state index in [4.69, 9.17) is 9.47 Å². The van der Waals surface area contributed by atoms with Gasteiger partial charge in [-0.3, -0.25) is 0 Å². The standard InChI is InChI=1S/C9H13Br2N3O2/c10-8-12-9(11)14(13-8)4-6-16-7-3-1-2-5-15-7/h7H,1-6H2/t7-/m1/s1. The van der Waals surface area contributed by atoms with Crippen LogP contribution in [0.1, 0.15) is 19.3 Å². The predicted molar refractivity (Wildman–Crippen MR) is 65.0 cm³/mol. The maximum Gasteiger partial charge on any atom is 0.218 e. The molecule has 0 spiro atoms. The van der Waals surface area contributed by atoms with Crippen LogP contribution in [0.4, 0.5) is 0 Å². The van der Waals surface area contributed by atoms with Crippen LogP contribution >= 0.6 is 31.9 Å². The number of hydrogen-bond acceptors (Lipinski definition) is 4. The Morgan fingerprint density at radius 2 is 2.31 bits per heavy atom. The average Bonchev–Trinajstić information content (AvgIpc) is 2.59. The summed E-state index contributed by atoms with van der Waals surface area (Å²) in [4.78, 5) is 4.07. The second-order valence-corrected chi connectivity index (χ2v) is 4.96. The highest BCUT2D eigenvalue weighted by molar-refractivity contribution is 9.11. The van der Waals surface area contributed by atoms with Gasteiger partial charge in [-0.1, -0.05) is 0 Å². The topological polar surface area (TPSA) is 49.2 Å². The van der Waals surface area contributed by atoms with Gasteiger partial charge >= 0.3 is 0 Å². The van der Waals surface area contributed by atoms with E-state index in [9.17, 15) is 0 Å². The molecule has 1 aromatic heterocycles. The van der Waals surface area contributed by atoms with Gasteiger partial charge in [0.05, 0.1) is 13.2 Å². The minimum Gasteiger partial charge on any atom is -0.353 e. The number of aromatic nitrogens is 3. The average molecular weight is 355 g/mol. The fourth-order valence-electron chi connectivity index (χ4n) is 1.55. The fourth-order valence-corrected chi connectivity index (χ4v) is 2.57. The Hall–Kier alpha value is 0.0200. The molecule has 1 saturated heterocycles. The maximum absolute atomic E-state index is 5.60. The van der Waals surface area contributed by atoms with Crippen molar-refractivity contribution in [1.29, 1.82) is 0 Å². The van der Waals surface area contributed by atoms with E-state index in [-0.39, 0.29) is 6.29 Å². The largest absolute Gasteiger partial charge is 0.353 e. The summed E-state index contributed by atoms with van der Waals surface area (Å²) in [6.07, 6.45) is 3.27. The van der Waals surface area contributed by atoms with Crippen LogP contribution < -0.4 is 0 Å². The van der Waals surface area contributed by atoms with Crippen LogP contribution in [-0.4, -0.2) is 34.3 Å². The van der Waals surface area contributed by atoms with E-state index >= 15 is 0 Å². The van der Waals surface area contributed by atoms with Crippen LogP contribution in [0.2, 0.25) is 0 Å². The van der Waals surface area contributed by atoms with Crippen molar-refractivity contribution in [2.75, 3.05) is 13.2 Å². The van der Waals surface area contributed by atoms with Crippen LogP contribution in [0, 0.1) is 0 Å². The molecule has 2 heterocycles. The van der Waals surface area contributed by atoms with Gasteiger partial charge in [-0.15, -0.1) is 5.10 Å². The van der Waals surface area contributed by atoms with E-state index in [1.807, 2.05) is 0 Å². The van der Waals surface area contributed by atoms with Crippen molar-refractivity contribution in [3.05, 3.63) is 9.47 Å². The van der Waals surface area contributed by atoms with E-state index in [0.29, 0.717) is 22.6 Å². The molecule has 0 aromatic carbocycles. The molecular formula is C9H13Br2N3O2. The summed E-state index contributed by atoms with van der Waals surface area (Å²) >= 11 is 6.53. The Bertz CT molecular complexity index is 339. The summed E-state index contributed by atoms with van der Waals surface area (Å²) in [5.74, 6) is 0. The minimum atomic E-state index is -0.0421. The highest BCUT2D eigenvalue weighted by Crippen LogP contribution is 2.14. The lowest BCUT2D eigenvalue weighted by Crippen LogP contribution is -2.24. The van der Waals surface area contributed by atoms with Gasteiger partial charge in [-0.05, 0) is 51.1 Å². The fraction of sp³-hybridized carbons (Fsp3) is 0.778. The molecule has 0 unspecified atom stereocenters. The minimum absolute atomic E-state index is 0.0421. The second-order valence-electron chi connectivity index (χ2n) is 3.54. The molecule has 2 rings (SSSR count). The molecule has 1 atom stereocenters. The summed E-state index contributed by atoms with van der Waals surface area (Å²) in [5, 5.41) is 4.15. The van der Waals surface area contributed by atoms with Gasteiger partial charge < -0.3 is 9.47 Å². The first-order valence-electron chi connectivity index (χ1n) is 5.25. The lowest BCUT2D eigenvalue weighted by Gasteiger charge is -2.22. The van der Waals surface area contributed by atoms with Crippen LogP contribution in [0.25, 0.3) is 0 Å². The first-order chi connectivity index (χ1) is 7.75. The van der Waals surface area contributed by atoms with Gasteiger partial charge in [0.1, 0.15) is 0 Å². The Kier molecular flexibility index (Phi) is 4.75. The van der Waals surface area contributed by atoms with Gasteiger partial charge in [-0.2, -0.15) is 4.98 Å². The van der Waals surface area contributed by atoms with E-state index in [0.717, 1.165) is 19.4 Å². The van der Waals surface area contributed by atoms with Crippen molar-refractivity contribution in [2.24, 2.45) is 0 Å². The zero-order chi connectivity index (χ0) is 11.4. The molecule has 1 aliphatic rings. The second kappa shape index (κ2) is 6.09. The quantitative estimate of drug-likeness (QED) is 0.832. The predicted octanol–water partition coefficient (Wildman–Crippen LogP) is 2.35. The lowest BCUT2D eigenvalue weighted by molar-refractivity contribution is -0.163. The third-order valence-electron chi connectivity index (χ3n) is 2.35. The highest BCUT2D eigenvalue weighted by Gasteiger charge is 2.14. The van der Waals surface area contributed by atoms with Crippen LogP contribution in [-0.2, 0) is 16.0 Å². The summed E-state index contributed by atoms with van der Waals surface area (Å²) in [6, 6.07) is 0. The van der Waals surface area contributed by atoms with Crippen molar-refractivity contribution < 1.29 is 9.47 Å². The number of ether oxygens (including phenoxy) is 2. The molecule has 16 heavy (non-hydrogen) atoms. The zero-order valence-electron chi connectivity index (χ0n) is 8.73. The molecule has 5 nitrogen and oxygen atoms in total. The van der Waals surface area contributed by atoms with Gasteiger partial charge in [-0.25, -0.2) is 4.68 Å². The van der Waals surface area contributed by atoms with E-state index < -0.39 is 0 Å². The molecule has 0 aliphatic carbocycles. The number of halogens is 2. The summed E-state index contributed by atoms with van der Waals surface area (Å²) < 4.78 is 14.1. The summed E-state index contributed by atoms with van der Waals surface area (Å²) in [6.45, 7) is 2.06. The van der Waals surface area contributed by atoms with Gasteiger partial charge in [0, 0.05) is 6.61 Å². The molecule has 0 radical (unpaired) electrons. The lowest BCUT2D eigenvalue weighted by atomic mass is 10.2. The molecule has 1 fully saturated rings. The third-order valence-corrected chi connectivity index (χ3v) is 3.27. The van der Waals surface area contributed by atoms with E-state index in [1.165, 1.54) is 6.42 Å². The van der Waals surface area contributed by atoms with Crippen LogP contribution in [0.15, 0.2) is 9.47 Å². The summed E-state index contributed by atoms with van der Waals surface area (Å²) in [7, 11) is 0. The van der Waals surface area contributed by atoms with Crippen molar-refractivity contribution in [3.8, 4) is 0 Å². The molecule has 0 bridgehead atoms. The summed E-state index contributed by atoms with van der Waals surface area (Å²) in [5.41, 5.74) is 0. The Balaban J connectivity index is 1.73. The first kappa shape index (κ1) is 12.5. The smallest absolute Gasteiger partial charge is 0.218 e. The Labute approximate surface area is 111 Å². The molecule has 0 amide bonds. The van der Waals surface area contributed by atoms with Crippen molar-refractivity contribution in [1.82, 2.24) is 14.8 Å². The molecule has 7 heteroatoms. The van der Waals surface area contributed by atoms with Gasteiger partial charge in [0.15, 0.2) is 11.0 Å². The molecule has 0 N–H and O–H groups in total. The number of hydrogen-bond donors (Lipinski definition) is 0. The molecule has 1 aliphatic heterocycles. The monoisotopic (exact) mass is 353 g/mol. The van der Waals surface area contributed by atoms with E-state index in [2.05, 4.69) is 41.9 Å².